The maximum atomic E-state index is 6.27. The van der Waals surface area contributed by atoms with Crippen molar-refractivity contribution in [2.24, 2.45) is 5.73 Å². The Morgan fingerprint density at radius 1 is 0.947 bits per heavy atom. The van der Waals surface area contributed by atoms with E-state index in [2.05, 4.69) is 53.9 Å². The molecule has 96 valence electrons. The largest absolute Gasteiger partial charge is 0.324 e. The van der Waals surface area contributed by atoms with E-state index in [9.17, 15) is 0 Å². The third-order valence-electron chi connectivity index (χ3n) is 3.51. The molecule has 1 nitrogen and oxygen atoms in total. The first-order chi connectivity index (χ1) is 9.34. The lowest BCUT2D eigenvalue weighted by molar-refractivity contribution is 0.653. The second-order valence-corrected chi connectivity index (χ2v) is 5.73. The highest BCUT2D eigenvalue weighted by Gasteiger charge is 2.07. The molecule has 3 rings (SSSR count). The molecule has 0 saturated heterocycles. The Hall–Kier alpha value is -1.64. The minimum absolute atomic E-state index is 0.122. The van der Waals surface area contributed by atoms with Gasteiger partial charge in [0.05, 0.1) is 0 Å². The molecule has 19 heavy (non-hydrogen) atoms. The number of rotatable bonds is 4. The van der Waals surface area contributed by atoms with Crippen molar-refractivity contribution >= 4 is 21.4 Å². The molecule has 0 aliphatic carbocycles. The van der Waals surface area contributed by atoms with E-state index in [0.717, 1.165) is 12.8 Å². The van der Waals surface area contributed by atoms with Crippen molar-refractivity contribution in [3.05, 3.63) is 71.1 Å². The quantitative estimate of drug-likeness (QED) is 0.738. The van der Waals surface area contributed by atoms with Gasteiger partial charge in [-0.15, -0.1) is 11.3 Å². The lowest BCUT2D eigenvalue weighted by Gasteiger charge is -2.12. The fraction of sp³-hybridized carbons (Fsp3) is 0.176. The van der Waals surface area contributed by atoms with Crippen molar-refractivity contribution in [1.82, 2.24) is 0 Å². The van der Waals surface area contributed by atoms with Crippen LogP contribution < -0.4 is 5.73 Å². The number of nitrogens with two attached hydrogens (primary N) is 1. The van der Waals surface area contributed by atoms with Gasteiger partial charge in [-0.25, -0.2) is 0 Å². The molecule has 1 atom stereocenters. The fourth-order valence-corrected chi connectivity index (χ4v) is 3.37. The highest BCUT2D eigenvalue weighted by atomic mass is 32.1. The molecule has 0 bridgehead atoms. The Morgan fingerprint density at radius 3 is 2.63 bits per heavy atom. The van der Waals surface area contributed by atoms with E-state index in [4.69, 9.17) is 5.73 Å². The van der Waals surface area contributed by atoms with Crippen LogP contribution >= 0.6 is 11.3 Å². The number of hydrogen-bond acceptors (Lipinski definition) is 2. The molecule has 0 aliphatic rings. The van der Waals surface area contributed by atoms with Gasteiger partial charge in [-0.05, 0) is 40.8 Å². The predicted octanol–water partition coefficient (Wildman–Crippen LogP) is 4.53. The van der Waals surface area contributed by atoms with Crippen LogP contribution in [0, 0.1) is 0 Å². The molecule has 2 heteroatoms. The molecule has 1 aromatic heterocycles. The molecule has 2 aromatic carbocycles. The van der Waals surface area contributed by atoms with Crippen LogP contribution in [0.3, 0.4) is 0 Å². The van der Waals surface area contributed by atoms with Gasteiger partial charge >= 0.3 is 0 Å². The Bertz CT molecular complexity index is 657. The summed E-state index contributed by atoms with van der Waals surface area (Å²) in [6.45, 7) is 0. The van der Waals surface area contributed by atoms with E-state index in [1.165, 1.54) is 21.2 Å². The minimum Gasteiger partial charge on any atom is -0.324 e. The van der Waals surface area contributed by atoms with Gasteiger partial charge in [0, 0.05) is 10.7 Å². The van der Waals surface area contributed by atoms with Crippen molar-refractivity contribution in [3.8, 4) is 0 Å². The molecule has 2 N–H and O–H groups in total. The fourth-order valence-electron chi connectivity index (χ4n) is 2.43. The number of fused-ring (bicyclic) bond motifs is 1. The first-order valence-corrected chi connectivity index (χ1v) is 7.48. The molecule has 0 saturated carbocycles. The number of aryl methyl sites for hydroxylation is 1. The van der Waals surface area contributed by atoms with Gasteiger partial charge in [0.2, 0.25) is 0 Å². The number of hydrogen-bond donors (Lipinski definition) is 1. The van der Waals surface area contributed by atoms with Crippen molar-refractivity contribution in [2.45, 2.75) is 18.9 Å². The highest BCUT2D eigenvalue weighted by Crippen LogP contribution is 2.27. The van der Waals surface area contributed by atoms with Gasteiger partial charge in [0.15, 0.2) is 0 Å². The van der Waals surface area contributed by atoms with Crippen molar-refractivity contribution in [1.29, 1.82) is 0 Å². The van der Waals surface area contributed by atoms with E-state index in [1.54, 1.807) is 0 Å². The summed E-state index contributed by atoms with van der Waals surface area (Å²) in [6, 6.07) is 19.2. The zero-order valence-corrected chi connectivity index (χ0v) is 11.6. The van der Waals surface area contributed by atoms with Crippen LogP contribution in [0.2, 0.25) is 0 Å². The van der Waals surface area contributed by atoms with Gasteiger partial charge in [-0.2, -0.15) is 0 Å². The SMILES string of the molecule is NC(CCc1cccc2ccsc12)c1ccccc1. The normalized spacial score (nSPS) is 12.7. The van der Waals surface area contributed by atoms with Crippen LogP contribution in [0.1, 0.15) is 23.6 Å². The molecule has 1 unspecified atom stereocenters. The third-order valence-corrected chi connectivity index (χ3v) is 4.52. The monoisotopic (exact) mass is 267 g/mol. The molecule has 0 spiro atoms. The van der Waals surface area contributed by atoms with Gasteiger partial charge < -0.3 is 5.73 Å². The van der Waals surface area contributed by atoms with E-state index in [1.807, 2.05) is 17.4 Å². The summed E-state index contributed by atoms with van der Waals surface area (Å²) < 4.78 is 1.41. The summed E-state index contributed by atoms with van der Waals surface area (Å²) in [7, 11) is 0. The standard InChI is InChI=1S/C17H17NS/c18-16(13-5-2-1-3-6-13)10-9-14-7-4-8-15-11-12-19-17(14)15/h1-8,11-12,16H,9-10,18H2. The predicted molar refractivity (Wildman–Crippen MR) is 83.5 cm³/mol. The van der Waals surface area contributed by atoms with Gasteiger partial charge in [0.1, 0.15) is 0 Å². The zero-order chi connectivity index (χ0) is 13.1. The Labute approximate surface area is 117 Å². The Balaban J connectivity index is 1.74. The van der Waals surface area contributed by atoms with Gasteiger partial charge in [-0.3, -0.25) is 0 Å². The second-order valence-electron chi connectivity index (χ2n) is 4.81. The summed E-state index contributed by atoms with van der Waals surface area (Å²) in [6.07, 6.45) is 2.02. The smallest absolute Gasteiger partial charge is 0.0374 e. The van der Waals surface area contributed by atoms with Crippen molar-refractivity contribution in [3.63, 3.8) is 0 Å². The Kier molecular flexibility index (Phi) is 3.62. The maximum Gasteiger partial charge on any atom is 0.0374 e. The summed E-state index contributed by atoms with van der Waals surface area (Å²) in [5, 5.41) is 3.50. The molecule has 3 aromatic rings. The van der Waals surface area contributed by atoms with E-state index in [-0.39, 0.29) is 6.04 Å². The molecule has 0 aliphatic heterocycles. The van der Waals surface area contributed by atoms with Crippen molar-refractivity contribution in [2.75, 3.05) is 0 Å². The average Bonchev–Trinajstić information content (AvgIpc) is 2.94. The van der Waals surface area contributed by atoms with Crippen LogP contribution in [0.25, 0.3) is 10.1 Å². The van der Waals surface area contributed by atoms with Crippen molar-refractivity contribution < 1.29 is 0 Å². The van der Waals surface area contributed by atoms with Crippen LogP contribution in [-0.2, 0) is 6.42 Å². The van der Waals surface area contributed by atoms with Crippen LogP contribution in [-0.4, -0.2) is 0 Å². The Morgan fingerprint density at radius 2 is 1.79 bits per heavy atom. The average molecular weight is 267 g/mol. The molecule has 0 fully saturated rings. The molecular formula is C17H17NS. The second kappa shape index (κ2) is 5.55. The number of benzene rings is 2. The summed E-state index contributed by atoms with van der Waals surface area (Å²) in [4.78, 5) is 0. The molecule has 1 heterocycles. The lowest BCUT2D eigenvalue weighted by Crippen LogP contribution is -2.11. The summed E-state index contributed by atoms with van der Waals surface area (Å²) in [5.74, 6) is 0. The zero-order valence-electron chi connectivity index (χ0n) is 10.8. The lowest BCUT2D eigenvalue weighted by atomic mass is 9.99. The summed E-state index contributed by atoms with van der Waals surface area (Å²) in [5.41, 5.74) is 8.90. The third kappa shape index (κ3) is 2.70. The summed E-state index contributed by atoms with van der Waals surface area (Å²) >= 11 is 1.82. The number of thiophene rings is 1. The van der Waals surface area contributed by atoms with Gasteiger partial charge in [0.25, 0.3) is 0 Å². The topological polar surface area (TPSA) is 26.0 Å². The van der Waals surface area contributed by atoms with Crippen LogP contribution in [0.5, 0.6) is 0 Å². The first-order valence-electron chi connectivity index (χ1n) is 6.60. The van der Waals surface area contributed by atoms with E-state index in [0.29, 0.717) is 0 Å². The van der Waals surface area contributed by atoms with Crippen LogP contribution in [0.15, 0.2) is 60.0 Å². The van der Waals surface area contributed by atoms with E-state index >= 15 is 0 Å². The maximum absolute atomic E-state index is 6.27. The first kappa shape index (κ1) is 12.4. The van der Waals surface area contributed by atoms with Crippen LogP contribution in [0.4, 0.5) is 0 Å². The highest BCUT2D eigenvalue weighted by molar-refractivity contribution is 7.17. The molecular weight excluding hydrogens is 250 g/mol. The minimum atomic E-state index is 0.122. The van der Waals surface area contributed by atoms with E-state index < -0.39 is 0 Å². The molecule has 0 amide bonds. The van der Waals surface area contributed by atoms with Gasteiger partial charge in [-0.1, -0.05) is 48.5 Å². The molecule has 0 radical (unpaired) electrons.